The highest BCUT2D eigenvalue weighted by Gasteiger charge is 2.31. The van der Waals surface area contributed by atoms with E-state index < -0.39 is 0 Å². The average molecular weight is 199 g/mol. The third kappa shape index (κ3) is 2.94. The first-order chi connectivity index (χ1) is 6.75. The Morgan fingerprint density at radius 2 is 2.29 bits per heavy atom. The van der Waals surface area contributed by atoms with Gasteiger partial charge >= 0.3 is 0 Å². The maximum atomic E-state index is 9.84. The lowest BCUT2D eigenvalue weighted by Crippen LogP contribution is -2.37. The van der Waals surface area contributed by atoms with Crippen LogP contribution in [0.1, 0.15) is 26.2 Å². The molecule has 2 unspecified atom stereocenters. The molecule has 3 heteroatoms. The lowest BCUT2D eigenvalue weighted by molar-refractivity contribution is 0.0524. The fourth-order valence-electron chi connectivity index (χ4n) is 2.14. The first kappa shape index (κ1) is 10.4. The molecule has 2 rings (SSSR count). The largest absolute Gasteiger partial charge is 0.392 e. The van der Waals surface area contributed by atoms with Gasteiger partial charge in [0.2, 0.25) is 0 Å². The molecule has 3 nitrogen and oxygen atoms in total. The molecule has 2 aliphatic rings. The topological polar surface area (TPSA) is 32.7 Å². The summed E-state index contributed by atoms with van der Waals surface area (Å²) in [6.45, 7) is 5.88. The zero-order chi connectivity index (χ0) is 9.97. The molecule has 1 aliphatic carbocycles. The van der Waals surface area contributed by atoms with Crippen LogP contribution in [-0.2, 0) is 4.74 Å². The molecule has 2 fully saturated rings. The molecule has 0 spiro atoms. The molecule has 1 saturated carbocycles. The Balaban J connectivity index is 1.76. The van der Waals surface area contributed by atoms with Crippen LogP contribution in [0.15, 0.2) is 0 Å². The predicted octanol–water partition coefficient (Wildman–Crippen LogP) is 0.868. The summed E-state index contributed by atoms with van der Waals surface area (Å²) in [4.78, 5) is 2.35. The quantitative estimate of drug-likeness (QED) is 0.732. The van der Waals surface area contributed by atoms with E-state index in [1.807, 2.05) is 0 Å². The maximum absolute atomic E-state index is 9.84. The number of aliphatic hydroxyl groups excluding tert-OH is 1. The Labute approximate surface area is 86.0 Å². The third-order valence-corrected chi connectivity index (χ3v) is 3.15. The van der Waals surface area contributed by atoms with Gasteiger partial charge in [0.15, 0.2) is 0 Å². The van der Waals surface area contributed by atoms with Gasteiger partial charge in [0.25, 0.3) is 0 Å². The summed E-state index contributed by atoms with van der Waals surface area (Å²) in [5.74, 6) is 0.592. The average Bonchev–Trinajstić information content (AvgIpc) is 2.91. The molecule has 1 N–H and O–H groups in total. The standard InChI is InChI=1S/C11H21NO2/c1-9-7-12(5-2-6-14-9)8-11(13)10-3-4-10/h9-11,13H,2-8H2,1H3. The Morgan fingerprint density at radius 1 is 1.50 bits per heavy atom. The van der Waals surface area contributed by atoms with Crippen LogP contribution in [0, 0.1) is 5.92 Å². The number of hydrogen-bond donors (Lipinski definition) is 1. The van der Waals surface area contributed by atoms with E-state index in [9.17, 15) is 5.11 Å². The van der Waals surface area contributed by atoms with Crippen molar-refractivity contribution in [1.29, 1.82) is 0 Å². The number of hydrogen-bond acceptors (Lipinski definition) is 3. The Kier molecular flexibility index (Phi) is 3.42. The van der Waals surface area contributed by atoms with Crippen LogP contribution in [-0.4, -0.2) is 48.5 Å². The summed E-state index contributed by atoms with van der Waals surface area (Å²) in [6, 6.07) is 0. The van der Waals surface area contributed by atoms with Crippen LogP contribution >= 0.6 is 0 Å². The van der Waals surface area contributed by atoms with E-state index in [2.05, 4.69) is 11.8 Å². The van der Waals surface area contributed by atoms with Gasteiger partial charge in [0.1, 0.15) is 0 Å². The summed E-state index contributed by atoms with van der Waals surface area (Å²) < 4.78 is 5.57. The summed E-state index contributed by atoms with van der Waals surface area (Å²) in [5, 5.41) is 9.84. The smallest absolute Gasteiger partial charge is 0.0695 e. The molecule has 0 bridgehead atoms. The van der Waals surface area contributed by atoms with Gasteiger partial charge in [0.05, 0.1) is 12.2 Å². The highest BCUT2D eigenvalue weighted by atomic mass is 16.5. The summed E-state index contributed by atoms with van der Waals surface area (Å²) in [5.41, 5.74) is 0. The number of β-amino-alcohol motifs (C(OH)–C–C–N with tert-alkyl or cyclic N) is 1. The van der Waals surface area contributed by atoms with Crippen LogP contribution in [0.4, 0.5) is 0 Å². The zero-order valence-corrected chi connectivity index (χ0v) is 8.98. The van der Waals surface area contributed by atoms with Gasteiger partial charge in [-0.25, -0.2) is 0 Å². The number of nitrogens with zero attached hydrogens (tertiary/aromatic N) is 1. The highest BCUT2D eigenvalue weighted by molar-refractivity contribution is 4.83. The molecule has 0 aromatic rings. The van der Waals surface area contributed by atoms with Crippen LogP contribution in [0.25, 0.3) is 0 Å². The first-order valence-electron chi connectivity index (χ1n) is 5.77. The molecule has 0 amide bonds. The highest BCUT2D eigenvalue weighted by Crippen LogP contribution is 2.32. The van der Waals surface area contributed by atoms with Crippen molar-refractivity contribution in [3.63, 3.8) is 0 Å². The van der Waals surface area contributed by atoms with E-state index in [4.69, 9.17) is 4.74 Å². The van der Waals surface area contributed by atoms with E-state index >= 15 is 0 Å². The van der Waals surface area contributed by atoms with Crippen molar-refractivity contribution < 1.29 is 9.84 Å². The molecule has 0 aromatic carbocycles. The monoisotopic (exact) mass is 199 g/mol. The van der Waals surface area contributed by atoms with Gasteiger partial charge in [-0.05, 0) is 32.1 Å². The van der Waals surface area contributed by atoms with E-state index in [0.29, 0.717) is 12.0 Å². The van der Waals surface area contributed by atoms with Gasteiger partial charge in [-0.3, -0.25) is 4.90 Å². The van der Waals surface area contributed by atoms with E-state index in [0.717, 1.165) is 32.7 Å². The fraction of sp³-hybridized carbons (Fsp3) is 1.00. The van der Waals surface area contributed by atoms with E-state index in [1.54, 1.807) is 0 Å². The Bertz CT molecular complexity index is 182. The first-order valence-corrected chi connectivity index (χ1v) is 5.77. The van der Waals surface area contributed by atoms with Crippen molar-refractivity contribution in [2.24, 2.45) is 5.92 Å². The normalized spacial score (nSPS) is 32.6. The van der Waals surface area contributed by atoms with Gasteiger partial charge < -0.3 is 9.84 Å². The minimum absolute atomic E-state index is 0.0969. The van der Waals surface area contributed by atoms with Gasteiger partial charge in [-0.1, -0.05) is 0 Å². The molecule has 0 radical (unpaired) electrons. The van der Waals surface area contributed by atoms with Crippen LogP contribution < -0.4 is 0 Å². The number of rotatable bonds is 3. The van der Waals surface area contributed by atoms with Gasteiger partial charge in [-0.2, -0.15) is 0 Å². The maximum Gasteiger partial charge on any atom is 0.0695 e. The van der Waals surface area contributed by atoms with Crippen molar-refractivity contribution >= 4 is 0 Å². The molecule has 1 aliphatic heterocycles. The summed E-state index contributed by atoms with van der Waals surface area (Å²) in [7, 11) is 0. The summed E-state index contributed by atoms with van der Waals surface area (Å²) in [6.07, 6.45) is 3.77. The third-order valence-electron chi connectivity index (χ3n) is 3.15. The fourth-order valence-corrected chi connectivity index (χ4v) is 2.14. The van der Waals surface area contributed by atoms with Gasteiger partial charge in [-0.15, -0.1) is 0 Å². The van der Waals surface area contributed by atoms with E-state index in [1.165, 1.54) is 12.8 Å². The minimum atomic E-state index is -0.0969. The summed E-state index contributed by atoms with van der Waals surface area (Å²) >= 11 is 0. The Hall–Kier alpha value is -0.120. The second-order valence-electron chi connectivity index (χ2n) is 4.70. The molecule has 14 heavy (non-hydrogen) atoms. The predicted molar refractivity (Wildman–Crippen MR) is 55.2 cm³/mol. The number of aliphatic hydroxyl groups is 1. The molecule has 82 valence electrons. The molecular formula is C11H21NO2. The second-order valence-corrected chi connectivity index (χ2v) is 4.70. The van der Waals surface area contributed by atoms with Crippen LogP contribution in [0.3, 0.4) is 0 Å². The lowest BCUT2D eigenvalue weighted by Gasteiger charge is -2.24. The van der Waals surface area contributed by atoms with Crippen molar-refractivity contribution in [1.82, 2.24) is 4.90 Å². The van der Waals surface area contributed by atoms with Crippen molar-refractivity contribution in [3.05, 3.63) is 0 Å². The van der Waals surface area contributed by atoms with E-state index in [-0.39, 0.29) is 6.10 Å². The number of ether oxygens (including phenoxy) is 1. The second kappa shape index (κ2) is 4.60. The minimum Gasteiger partial charge on any atom is -0.392 e. The van der Waals surface area contributed by atoms with Crippen molar-refractivity contribution in [2.75, 3.05) is 26.2 Å². The molecule has 0 aromatic heterocycles. The Morgan fingerprint density at radius 3 is 3.00 bits per heavy atom. The molecule has 1 saturated heterocycles. The van der Waals surface area contributed by atoms with Crippen LogP contribution in [0.5, 0.6) is 0 Å². The zero-order valence-electron chi connectivity index (χ0n) is 8.98. The van der Waals surface area contributed by atoms with Crippen LogP contribution in [0.2, 0.25) is 0 Å². The SMILES string of the molecule is CC1CN(CC(O)C2CC2)CCCO1. The molecular weight excluding hydrogens is 178 g/mol. The lowest BCUT2D eigenvalue weighted by atomic mass is 10.2. The molecule has 1 heterocycles. The molecule has 2 atom stereocenters. The van der Waals surface area contributed by atoms with Crippen molar-refractivity contribution in [2.45, 2.75) is 38.4 Å². The van der Waals surface area contributed by atoms with Gasteiger partial charge in [0, 0.05) is 26.2 Å². The van der Waals surface area contributed by atoms with Crippen molar-refractivity contribution in [3.8, 4) is 0 Å².